The van der Waals surface area contributed by atoms with Gasteiger partial charge in [-0.15, -0.1) is 10.2 Å². The van der Waals surface area contributed by atoms with Gasteiger partial charge in [0, 0.05) is 58.1 Å². The van der Waals surface area contributed by atoms with Gasteiger partial charge < -0.3 is 34.1 Å². The minimum Gasteiger partial charge on any atom is -0.481 e. The molecule has 9 atom stereocenters. The molecule has 15 heteroatoms. The maximum absolute atomic E-state index is 14.5. The van der Waals surface area contributed by atoms with Gasteiger partial charge in [-0.1, -0.05) is 103 Å². The molecule has 1 aliphatic heterocycles. The second-order valence-electron chi connectivity index (χ2n) is 19.5. The maximum Gasteiger partial charge on any atom is 0.303 e. The summed E-state index contributed by atoms with van der Waals surface area (Å²) in [6.45, 7) is 14.5. The van der Waals surface area contributed by atoms with Gasteiger partial charge in [-0.25, -0.2) is 0 Å². The summed E-state index contributed by atoms with van der Waals surface area (Å²) in [6.07, 6.45) is 3.68. The van der Waals surface area contributed by atoms with E-state index in [1.54, 1.807) is 33.2 Å². The minimum atomic E-state index is -0.891. The van der Waals surface area contributed by atoms with Crippen LogP contribution >= 0.6 is 0 Å². The number of likely N-dealkylation sites (N-methyl/N-ethyl adjacent to an activating group) is 2. The Kier molecular flexibility index (Phi) is 22.3. The van der Waals surface area contributed by atoms with E-state index >= 15 is 0 Å². The molecule has 15 nitrogen and oxygen atoms in total. The number of Topliss-reactive ketones (excluding diaryl/α,β-unsaturated/α-hetero) is 1. The van der Waals surface area contributed by atoms with Crippen molar-refractivity contribution in [1.82, 2.24) is 30.2 Å². The van der Waals surface area contributed by atoms with Gasteiger partial charge in [0.1, 0.15) is 11.8 Å². The number of likely N-dealkylation sites (tertiary alicyclic amines) is 1. The SMILES string of the molecule is CCC(C)C(C(CC(=O)N1CCCC1C(OC)C(C)C(=O)CCCC(Cc1ccccc1)c1nnc(-c2ccccc2)o1)OC)N(C)C(=O)C(NC(=O)C(C(C)C)N(C)CCCC(=O)O)C(C)C. The molecule has 4 rings (SSSR count). The molecule has 0 aliphatic carbocycles. The van der Waals surface area contributed by atoms with Crippen LogP contribution in [0.25, 0.3) is 11.5 Å². The van der Waals surface area contributed by atoms with Crippen molar-refractivity contribution < 1.29 is 43.0 Å². The summed E-state index contributed by atoms with van der Waals surface area (Å²) < 4.78 is 18.4. The van der Waals surface area contributed by atoms with E-state index in [-0.39, 0.29) is 66.1 Å². The molecule has 2 aromatic carbocycles. The predicted octanol–water partition coefficient (Wildman–Crippen LogP) is 7.68. The number of nitrogens with zero attached hydrogens (tertiary/aromatic N) is 5. The monoisotopic (exact) mass is 945 g/mol. The topological polar surface area (TPSA) is 185 Å². The Labute approximate surface area is 405 Å². The van der Waals surface area contributed by atoms with Crippen LogP contribution in [0.4, 0.5) is 0 Å². The van der Waals surface area contributed by atoms with Gasteiger partial charge in [-0.05, 0) is 87.6 Å². The number of aromatic nitrogens is 2. The van der Waals surface area contributed by atoms with Crippen LogP contribution in [0.1, 0.15) is 124 Å². The van der Waals surface area contributed by atoms with Crippen LogP contribution in [0.2, 0.25) is 0 Å². The van der Waals surface area contributed by atoms with Crippen LogP contribution in [0.3, 0.4) is 0 Å². The first-order valence-electron chi connectivity index (χ1n) is 24.7. The largest absolute Gasteiger partial charge is 0.481 e. The number of ketones is 1. The highest BCUT2D eigenvalue weighted by Gasteiger charge is 2.43. The number of methoxy groups -OCH3 is 2. The molecule has 3 amide bonds. The van der Waals surface area contributed by atoms with Crippen LogP contribution in [0.5, 0.6) is 0 Å². The third-order valence-electron chi connectivity index (χ3n) is 14.0. The van der Waals surface area contributed by atoms with E-state index in [0.29, 0.717) is 69.8 Å². The molecule has 376 valence electrons. The average Bonchev–Trinajstić information content (AvgIpc) is 4.02. The summed E-state index contributed by atoms with van der Waals surface area (Å²) >= 11 is 0. The normalized spacial score (nSPS) is 17.6. The molecule has 68 heavy (non-hydrogen) atoms. The zero-order chi connectivity index (χ0) is 50.1. The fourth-order valence-corrected chi connectivity index (χ4v) is 10.0. The smallest absolute Gasteiger partial charge is 0.303 e. The number of amides is 3. The van der Waals surface area contributed by atoms with E-state index in [2.05, 4.69) is 27.6 Å². The Balaban J connectivity index is 1.44. The van der Waals surface area contributed by atoms with Gasteiger partial charge in [-0.3, -0.25) is 28.9 Å². The summed E-state index contributed by atoms with van der Waals surface area (Å²) in [6, 6.07) is 17.6. The summed E-state index contributed by atoms with van der Waals surface area (Å²) in [5.41, 5.74) is 1.99. The zero-order valence-electron chi connectivity index (χ0n) is 42.6. The van der Waals surface area contributed by atoms with Crippen molar-refractivity contribution in [3.63, 3.8) is 0 Å². The van der Waals surface area contributed by atoms with E-state index in [4.69, 9.17) is 19.0 Å². The molecule has 1 saturated heterocycles. The lowest BCUT2D eigenvalue weighted by atomic mass is 9.87. The summed E-state index contributed by atoms with van der Waals surface area (Å²) in [5.74, 6) is -1.52. The first-order valence-corrected chi connectivity index (χ1v) is 24.7. The Bertz CT molecular complexity index is 2030. The van der Waals surface area contributed by atoms with Crippen LogP contribution < -0.4 is 5.32 Å². The Hall–Kier alpha value is -4.99. The summed E-state index contributed by atoms with van der Waals surface area (Å²) in [7, 11) is 6.68. The van der Waals surface area contributed by atoms with Crippen molar-refractivity contribution in [2.45, 2.75) is 155 Å². The highest BCUT2D eigenvalue weighted by Crippen LogP contribution is 2.32. The lowest BCUT2D eigenvalue weighted by molar-refractivity contribution is -0.148. The van der Waals surface area contributed by atoms with E-state index in [1.165, 1.54) is 0 Å². The van der Waals surface area contributed by atoms with Crippen molar-refractivity contribution >= 4 is 29.5 Å². The van der Waals surface area contributed by atoms with Crippen LogP contribution in [-0.2, 0) is 39.9 Å². The summed E-state index contributed by atoms with van der Waals surface area (Å²) in [4.78, 5) is 73.4. The number of rotatable bonds is 29. The molecule has 0 bridgehead atoms. The molecule has 0 saturated carbocycles. The van der Waals surface area contributed by atoms with Gasteiger partial charge in [0.25, 0.3) is 0 Å². The second-order valence-corrected chi connectivity index (χ2v) is 19.5. The lowest BCUT2D eigenvalue weighted by Crippen LogP contribution is -2.60. The number of ether oxygens (including phenoxy) is 2. The predicted molar refractivity (Wildman–Crippen MR) is 262 cm³/mol. The van der Waals surface area contributed by atoms with Crippen LogP contribution in [0, 0.1) is 23.7 Å². The minimum absolute atomic E-state index is 0.00213. The van der Waals surface area contributed by atoms with E-state index < -0.39 is 42.2 Å². The van der Waals surface area contributed by atoms with Gasteiger partial charge in [0.2, 0.25) is 29.5 Å². The molecule has 3 aromatic rings. The third-order valence-corrected chi connectivity index (χ3v) is 14.0. The number of carboxylic acid groups (broad SMARTS) is 1. The van der Waals surface area contributed by atoms with Crippen molar-refractivity contribution in [3.05, 3.63) is 72.1 Å². The van der Waals surface area contributed by atoms with Crippen molar-refractivity contribution in [2.24, 2.45) is 23.7 Å². The van der Waals surface area contributed by atoms with Gasteiger partial charge in [-0.2, -0.15) is 0 Å². The number of nitrogens with one attached hydrogen (secondary N) is 1. The molecular weight excluding hydrogens is 865 g/mol. The first-order chi connectivity index (χ1) is 32.4. The standard InChI is InChI=1S/C53H80N6O9/c1-12-36(6)48(58(9)53(65)46(34(2)3)54-50(64)47(35(4)5)57(8)30-21-29-45(62)63)43(66-10)33-44(61)59-31-20-27-41(59)49(67-11)37(7)42(60)28-19-26-40(32-38-22-15-13-16-23-38)52-56-55-51(68-52)39-24-17-14-18-25-39/h13-18,22-25,34-37,40-41,43,46-49H,12,19-21,26-33H2,1-11H3,(H,54,64)(H,62,63). The number of benzene rings is 2. The fraction of sp³-hybridized carbons (Fsp3) is 0.642. The Morgan fingerprint density at radius 3 is 2.13 bits per heavy atom. The highest BCUT2D eigenvalue weighted by molar-refractivity contribution is 5.90. The third kappa shape index (κ3) is 15.3. The second kappa shape index (κ2) is 27.3. The first kappa shape index (κ1) is 55.6. The number of hydrogen-bond acceptors (Lipinski definition) is 11. The number of carboxylic acids is 1. The van der Waals surface area contributed by atoms with Crippen molar-refractivity contribution in [3.8, 4) is 11.5 Å². The van der Waals surface area contributed by atoms with E-state index in [1.807, 2.05) is 107 Å². The number of aliphatic carboxylic acids is 1. The molecule has 1 aliphatic rings. The van der Waals surface area contributed by atoms with Crippen molar-refractivity contribution in [1.29, 1.82) is 0 Å². The number of hydrogen-bond donors (Lipinski definition) is 2. The van der Waals surface area contributed by atoms with Gasteiger partial charge in [0.15, 0.2) is 0 Å². The maximum atomic E-state index is 14.5. The van der Waals surface area contributed by atoms with Gasteiger partial charge >= 0.3 is 5.97 Å². The number of carbonyl (C=O) groups is 5. The van der Waals surface area contributed by atoms with Crippen LogP contribution in [0.15, 0.2) is 65.1 Å². The van der Waals surface area contributed by atoms with Crippen LogP contribution in [-0.4, -0.2) is 137 Å². The summed E-state index contributed by atoms with van der Waals surface area (Å²) in [5, 5.41) is 21.0. The molecule has 1 aromatic heterocycles. The Morgan fingerprint density at radius 2 is 1.54 bits per heavy atom. The highest BCUT2D eigenvalue weighted by atomic mass is 16.5. The molecule has 1 fully saturated rings. The van der Waals surface area contributed by atoms with Crippen molar-refractivity contribution in [2.75, 3.05) is 41.4 Å². The molecular formula is C53H80N6O9. The number of carbonyl (C=O) groups excluding carboxylic acids is 4. The lowest BCUT2D eigenvalue weighted by Gasteiger charge is -2.41. The van der Waals surface area contributed by atoms with Gasteiger partial charge in [0.05, 0.1) is 36.8 Å². The average molecular weight is 945 g/mol. The van der Waals surface area contributed by atoms with E-state index in [0.717, 1.165) is 17.5 Å². The molecule has 9 unspecified atom stereocenters. The molecule has 2 heterocycles. The molecule has 0 spiro atoms. The fourth-order valence-electron chi connectivity index (χ4n) is 10.0. The molecule has 0 radical (unpaired) electrons. The van der Waals surface area contributed by atoms with E-state index in [9.17, 15) is 24.0 Å². The zero-order valence-corrected chi connectivity index (χ0v) is 42.6. The Morgan fingerprint density at radius 1 is 0.882 bits per heavy atom. The molecule has 2 N–H and O–H groups in total. The quantitative estimate of drug-likeness (QED) is 0.0693.